The number of benzene rings is 1. The highest BCUT2D eigenvalue weighted by Crippen LogP contribution is 2.28. The zero-order chi connectivity index (χ0) is 13.8. The van der Waals surface area contributed by atoms with Gasteiger partial charge in [-0.15, -0.1) is 0 Å². The molecule has 1 heterocycles. The maximum absolute atomic E-state index is 12.4. The molecule has 1 N–H and O–H groups in total. The highest BCUT2D eigenvalue weighted by Gasteiger charge is 2.27. The summed E-state index contributed by atoms with van der Waals surface area (Å²) in [7, 11) is 1.54. The van der Waals surface area contributed by atoms with E-state index in [1.165, 1.54) is 0 Å². The van der Waals surface area contributed by atoms with Crippen molar-refractivity contribution in [1.29, 1.82) is 0 Å². The molecular weight excluding hydrogens is 246 g/mol. The molecule has 1 aliphatic rings. The van der Waals surface area contributed by atoms with Crippen LogP contribution in [0.2, 0.25) is 0 Å². The SMILES string of the molecule is CCC(=O)NC1CCOc2ccc(OC)cc2C1=O. The second-order valence-electron chi connectivity index (χ2n) is 4.34. The number of nitrogens with one attached hydrogen (secondary N) is 1. The fraction of sp³-hybridized carbons (Fsp3) is 0.429. The third-order valence-corrected chi connectivity index (χ3v) is 3.09. The number of carbonyl (C=O) groups is 2. The molecule has 5 nitrogen and oxygen atoms in total. The van der Waals surface area contributed by atoms with Gasteiger partial charge in [-0.25, -0.2) is 0 Å². The second-order valence-corrected chi connectivity index (χ2v) is 4.34. The first-order valence-corrected chi connectivity index (χ1v) is 6.30. The van der Waals surface area contributed by atoms with Gasteiger partial charge >= 0.3 is 0 Å². The molecule has 0 aliphatic carbocycles. The Hall–Kier alpha value is -2.04. The van der Waals surface area contributed by atoms with Crippen molar-refractivity contribution < 1.29 is 19.1 Å². The zero-order valence-electron chi connectivity index (χ0n) is 11.1. The van der Waals surface area contributed by atoms with Crippen molar-refractivity contribution in [2.45, 2.75) is 25.8 Å². The van der Waals surface area contributed by atoms with Crippen LogP contribution in [0.4, 0.5) is 0 Å². The molecule has 0 radical (unpaired) electrons. The van der Waals surface area contributed by atoms with E-state index in [-0.39, 0.29) is 11.7 Å². The van der Waals surface area contributed by atoms with E-state index in [4.69, 9.17) is 9.47 Å². The van der Waals surface area contributed by atoms with Crippen LogP contribution < -0.4 is 14.8 Å². The number of Topliss-reactive ketones (excluding diaryl/α,β-unsaturated/α-hetero) is 1. The van der Waals surface area contributed by atoms with Gasteiger partial charge in [-0.2, -0.15) is 0 Å². The molecule has 5 heteroatoms. The normalized spacial score (nSPS) is 18.0. The van der Waals surface area contributed by atoms with Crippen LogP contribution in [0.25, 0.3) is 0 Å². The van der Waals surface area contributed by atoms with Crippen LogP contribution in [0.3, 0.4) is 0 Å². The average Bonchev–Trinajstić information content (AvgIpc) is 2.59. The van der Waals surface area contributed by atoms with Gasteiger partial charge in [0.1, 0.15) is 11.5 Å². The number of hydrogen-bond donors (Lipinski definition) is 1. The Morgan fingerprint density at radius 3 is 3.00 bits per heavy atom. The minimum atomic E-state index is -0.527. The van der Waals surface area contributed by atoms with Gasteiger partial charge in [-0.05, 0) is 18.2 Å². The van der Waals surface area contributed by atoms with Crippen molar-refractivity contribution in [3.8, 4) is 11.5 Å². The van der Waals surface area contributed by atoms with Crippen LogP contribution in [0.15, 0.2) is 18.2 Å². The monoisotopic (exact) mass is 263 g/mol. The third-order valence-electron chi connectivity index (χ3n) is 3.09. The van der Waals surface area contributed by atoms with Gasteiger partial charge in [-0.3, -0.25) is 9.59 Å². The van der Waals surface area contributed by atoms with Gasteiger partial charge in [0.05, 0.1) is 25.3 Å². The Morgan fingerprint density at radius 2 is 2.32 bits per heavy atom. The molecule has 19 heavy (non-hydrogen) atoms. The van der Waals surface area contributed by atoms with Crippen LogP contribution in [-0.4, -0.2) is 31.4 Å². The molecule has 1 aliphatic heterocycles. The summed E-state index contributed by atoms with van der Waals surface area (Å²) in [5.41, 5.74) is 0.457. The summed E-state index contributed by atoms with van der Waals surface area (Å²) < 4.78 is 10.6. The van der Waals surface area contributed by atoms with E-state index in [0.717, 1.165) is 0 Å². The summed E-state index contributed by atoms with van der Waals surface area (Å²) in [5.74, 6) is 0.870. The number of fused-ring (bicyclic) bond motifs is 1. The molecule has 0 spiro atoms. The highest BCUT2D eigenvalue weighted by molar-refractivity contribution is 6.04. The van der Waals surface area contributed by atoms with Gasteiger partial charge in [0.15, 0.2) is 5.78 Å². The third kappa shape index (κ3) is 2.86. The molecular formula is C14H17NO4. The molecule has 1 unspecified atom stereocenters. The molecule has 102 valence electrons. The number of ketones is 1. The van der Waals surface area contributed by atoms with Gasteiger partial charge in [0, 0.05) is 12.8 Å². The Labute approximate surface area is 111 Å². The molecule has 0 saturated heterocycles. The van der Waals surface area contributed by atoms with Crippen molar-refractivity contribution >= 4 is 11.7 Å². The number of hydrogen-bond acceptors (Lipinski definition) is 4. The van der Waals surface area contributed by atoms with Crippen molar-refractivity contribution in [1.82, 2.24) is 5.32 Å². The maximum atomic E-state index is 12.4. The Bertz CT molecular complexity index is 498. The predicted molar refractivity (Wildman–Crippen MR) is 69.7 cm³/mol. The van der Waals surface area contributed by atoms with E-state index in [9.17, 15) is 9.59 Å². The largest absolute Gasteiger partial charge is 0.497 e. The molecule has 1 amide bonds. The molecule has 0 aromatic heterocycles. The number of carbonyl (C=O) groups excluding carboxylic acids is 2. The zero-order valence-corrected chi connectivity index (χ0v) is 11.1. The van der Waals surface area contributed by atoms with E-state index in [2.05, 4.69) is 5.32 Å². The summed E-state index contributed by atoms with van der Waals surface area (Å²) in [6.45, 7) is 2.16. The Kier molecular flexibility index (Phi) is 4.04. The molecule has 1 aromatic rings. The van der Waals surface area contributed by atoms with Crippen LogP contribution in [-0.2, 0) is 4.79 Å². The summed E-state index contributed by atoms with van der Waals surface area (Å²) in [6.07, 6.45) is 0.831. The Morgan fingerprint density at radius 1 is 1.53 bits per heavy atom. The van der Waals surface area contributed by atoms with Crippen LogP contribution >= 0.6 is 0 Å². The van der Waals surface area contributed by atoms with Crippen molar-refractivity contribution in [2.75, 3.05) is 13.7 Å². The van der Waals surface area contributed by atoms with Crippen molar-refractivity contribution in [3.05, 3.63) is 23.8 Å². The summed E-state index contributed by atoms with van der Waals surface area (Å²) in [5, 5.41) is 2.73. The lowest BCUT2D eigenvalue weighted by molar-refractivity contribution is -0.121. The van der Waals surface area contributed by atoms with E-state index in [1.807, 2.05) is 0 Å². The summed E-state index contributed by atoms with van der Waals surface area (Å²) in [6, 6.07) is 4.59. The van der Waals surface area contributed by atoms with Crippen LogP contribution in [0.1, 0.15) is 30.1 Å². The lowest BCUT2D eigenvalue weighted by Gasteiger charge is -2.14. The first-order valence-electron chi connectivity index (χ1n) is 6.30. The Balaban J connectivity index is 2.29. The van der Waals surface area contributed by atoms with E-state index in [0.29, 0.717) is 36.5 Å². The van der Waals surface area contributed by atoms with Crippen LogP contribution in [0, 0.1) is 0 Å². The standard InChI is InChI=1S/C14H17NO4/c1-3-13(16)15-11-6-7-19-12-5-4-9(18-2)8-10(12)14(11)17/h4-5,8,11H,3,6-7H2,1-2H3,(H,15,16). The summed E-state index contributed by atoms with van der Waals surface area (Å²) >= 11 is 0. The van der Waals surface area contributed by atoms with Crippen molar-refractivity contribution in [2.24, 2.45) is 0 Å². The molecule has 0 saturated carbocycles. The molecule has 2 rings (SSSR count). The summed E-state index contributed by atoms with van der Waals surface area (Å²) in [4.78, 5) is 23.9. The molecule has 1 aromatic carbocycles. The predicted octanol–water partition coefficient (Wildman–Crippen LogP) is 1.56. The van der Waals surface area contributed by atoms with Crippen LogP contribution in [0.5, 0.6) is 11.5 Å². The van der Waals surface area contributed by atoms with Gasteiger partial charge in [0.25, 0.3) is 0 Å². The minimum Gasteiger partial charge on any atom is -0.497 e. The van der Waals surface area contributed by atoms with Gasteiger partial charge in [-0.1, -0.05) is 6.92 Å². The van der Waals surface area contributed by atoms with E-state index >= 15 is 0 Å². The number of amides is 1. The van der Waals surface area contributed by atoms with Gasteiger partial charge < -0.3 is 14.8 Å². The molecule has 0 fully saturated rings. The number of rotatable bonds is 3. The first kappa shape index (κ1) is 13.4. The minimum absolute atomic E-state index is 0.131. The maximum Gasteiger partial charge on any atom is 0.220 e. The lowest BCUT2D eigenvalue weighted by Crippen LogP contribution is -2.40. The quantitative estimate of drug-likeness (QED) is 0.898. The van der Waals surface area contributed by atoms with E-state index in [1.54, 1.807) is 32.2 Å². The van der Waals surface area contributed by atoms with Gasteiger partial charge in [0.2, 0.25) is 5.91 Å². The number of methoxy groups -OCH3 is 1. The van der Waals surface area contributed by atoms with Crippen molar-refractivity contribution in [3.63, 3.8) is 0 Å². The lowest BCUT2D eigenvalue weighted by atomic mass is 10.0. The first-order chi connectivity index (χ1) is 9.15. The fourth-order valence-electron chi connectivity index (χ4n) is 1.99. The molecule has 0 bridgehead atoms. The smallest absolute Gasteiger partial charge is 0.220 e. The average molecular weight is 263 g/mol. The molecule has 1 atom stereocenters. The second kappa shape index (κ2) is 5.73. The van der Waals surface area contributed by atoms with E-state index < -0.39 is 6.04 Å². The highest BCUT2D eigenvalue weighted by atomic mass is 16.5. The number of ether oxygens (including phenoxy) is 2. The fourth-order valence-corrected chi connectivity index (χ4v) is 1.99. The topological polar surface area (TPSA) is 64.6 Å².